The molecule has 7 heteroatoms. The molecule has 0 aromatic heterocycles. The van der Waals surface area contributed by atoms with Crippen LogP contribution in [-0.4, -0.2) is 42.3 Å². The molecule has 0 saturated heterocycles. The Morgan fingerprint density at radius 2 is 1.92 bits per heavy atom. The highest BCUT2D eigenvalue weighted by Gasteiger charge is 2.26. The van der Waals surface area contributed by atoms with Crippen LogP contribution in [0.1, 0.15) is 82.9 Å². The Hall–Kier alpha value is -2.99. The zero-order valence-corrected chi connectivity index (χ0v) is 24.9. The van der Waals surface area contributed by atoms with Crippen molar-refractivity contribution in [3.05, 3.63) is 70.8 Å². The van der Waals surface area contributed by atoms with Gasteiger partial charge in [-0.1, -0.05) is 43.2 Å². The number of carboxylic acid groups (broad SMARTS) is 1. The van der Waals surface area contributed by atoms with Gasteiger partial charge in [-0.2, -0.15) is 0 Å². The summed E-state index contributed by atoms with van der Waals surface area (Å²) < 4.78 is 11.9. The Kier molecular flexibility index (Phi) is 12.9. The van der Waals surface area contributed by atoms with Gasteiger partial charge in [0.15, 0.2) is 0 Å². The van der Waals surface area contributed by atoms with Crippen LogP contribution in [0.5, 0.6) is 5.75 Å². The van der Waals surface area contributed by atoms with E-state index < -0.39 is 11.6 Å². The first-order valence-electron chi connectivity index (χ1n) is 13.7. The number of ether oxygens (including phenoxy) is 2. The molecule has 0 fully saturated rings. The smallest absolute Gasteiger partial charge is 0.310 e. The highest BCUT2D eigenvalue weighted by atomic mass is 35.5. The fourth-order valence-corrected chi connectivity index (χ4v) is 4.84. The summed E-state index contributed by atoms with van der Waals surface area (Å²) in [4.78, 5) is 23.9. The minimum atomic E-state index is -0.833. The lowest BCUT2D eigenvalue weighted by molar-refractivity contribution is -0.153. The van der Waals surface area contributed by atoms with E-state index in [-0.39, 0.29) is 18.3 Å². The van der Waals surface area contributed by atoms with Crippen molar-refractivity contribution in [2.45, 2.75) is 84.7 Å². The zero-order chi connectivity index (χ0) is 29.0. The van der Waals surface area contributed by atoms with Crippen molar-refractivity contribution in [1.82, 2.24) is 0 Å². The lowest BCUT2D eigenvalue weighted by Gasteiger charge is -2.28. The normalized spacial score (nSPS) is 14.7. The SMILES string of the molecule is C=CCCCCN1CC(c2ccc(Cl)cc2CCC)COc2ccc(CC(=O)OC(C)(C)C)cc21.CC(=O)O. The molecule has 214 valence electrons. The molecule has 0 spiro atoms. The number of hydrogen-bond donors (Lipinski definition) is 1. The second-order valence-electron chi connectivity index (χ2n) is 10.9. The molecule has 6 nitrogen and oxygen atoms in total. The Morgan fingerprint density at radius 3 is 2.56 bits per heavy atom. The van der Waals surface area contributed by atoms with Crippen molar-refractivity contribution in [2.24, 2.45) is 0 Å². The number of rotatable bonds is 10. The topological polar surface area (TPSA) is 76.1 Å². The van der Waals surface area contributed by atoms with Gasteiger partial charge >= 0.3 is 5.97 Å². The number of unbranched alkanes of at least 4 members (excludes halogenated alkanes) is 2. The van der Waals surface area contributed by atoms with Crippen LogP contribution in [0.15, 0.2) is 49.1 Å². The van der Waals surface area contributed by atoms with E-state index in [0.717, 1.165) is 74.1 Å². The maximum atomic E-state index is 12.5. The fraction of sp³-hybridized carbons (Fsp3) is 0.500. The molecular formula is C32H44ClNO5. The van der Waals surface area contributed by atoms with E-state index in [2.05, 4.69) is 36.6 Å². The summed E-state index contributed by atoms with van der Waals surface area (Å²) in [7, 11) is 0. The molecule has 3 rings (SSSR count). The van der Waals surface area contributed by atoms with Crippen LogP contribution in [0.25, 0.3) is 0 Å². The number of aliphatic carboxylic acids is 1. The third-order valence-corrected chi connectivity index (χ3v) is 6.40. The van der Waals surface area contributed by atoms with Crippen molar-refractivity contribution in [3.63, 3.8) is 0 Å². The second-order valence-corrected chi connectivity index (χ2v) is 11.4. The van der Waals surface area contributed by atoms with Crippen LogP contribution >= 0.6 is 11.6 Å². The molecule has 1 aliphatic heterocycles. The Labute approximate surface area is 239 Å². The molecule has 0 aliphatic carbocycles. The summed E-state index contributed by atoms with van der Waals surface area (Å²) in [6.07, 6.45) is 7.47. The molecule has 39 heavy (non-hydrogen) atoms. The van der Waals surface area contributed by atoms with Crippen molar-refractivity contribution in [2.75, 3.05) is 24.6 Å². The number of carbonyl (C=O) groups excluding carboxylic acids is 1. The number of aryl methyl sites for hydroxylation is 1. The van der Waals surface area contributed by atoms with E-state index in [0.29, 0.717) is 6.61 Å². The third kappa shape index (κ3) is 11.3. The average molecular weight is 558 g/mol. The Balaban J connectivity index is 0.00000124. The minimum absolute atomic E-state index is 0.215. The number of allylic oxidation sites excluding steroid dienone is 1. The van der Waals surface area contributed by atoms with Crippen LogP contribution in [-0.2, 0) is 27.2 Å². The van der Waals surface area contributed by atoms with Crippen molar-refractivity contribution in [1.29, 1.82) is 0 Å². The summed E-state index contributed by atoms with van der Waals surface area (Å²) in [5.41, 5.74) is 4.11. The largest absolute Gasteiger partial charge is 0.491 e. The summed E-state index contributed by atoms with van der Waals surface area (Å²) in [6, 6.07) is 12.3. The van der Waals surface area contributed by atoms with Gasteiger partial charge in [0.1, 0.15) is 11.4 Å². The standard InChI is InChI=1S/C30H40ClNO3.C2H4O2/c1-6-8-9-10-16-32-20-24(26-14-13-25(31)19-23(26)11-7-2)21-34-28-15-12-22(17-27(28)32)18-29(33)35-30(3,4)5;1-2(3)4/h6,12-15,17,19,24H,1,7-11,16,18,20-21H2,2-5H3;1H3,(H,3,4). The molecule has 2 aromatic rings. The van der Waals surface area contributed by atoms with E-state index in [1.54, 1.807) is 0 Å². The summed E-state index contributed by atoms with van der Waals surface area (Å²) >= 11 is 6.34. The van der Waals surface area contributed by atoms with Crippen LogP contribution in [0, 0.1) is 0 Å². The van der Waals surface area contributed by atoms with Gasteiger partial charge < -0.3 is 19.5 Å². The van der Waals surface area contributed by atoms with Gasteiger partial charge in [-0.15, -0.1) is 6.58 Å². The fourth-order valence-electron chi connectivity index (χ4n) is 4.64. The zero-order valence-electron chi connectivity index (χ0n) is 24.1. The molecule has 0 saturated carbocycles. The van der Waals surface area contributed by atoms with E-state index in [4.69, 9.17) is 31.0 Å². The number of nitrogens with zero attached hydrogens (tertiary/aromatic N) is 1. The maximum Gasteiger partial charge on any atom is 0.310 e. The Morgan fingerprint density at radius 1 is 1.21 bits per heavy atom. The summed E-state index contributed by atoms with van der Waals surface area (Å²) in [5.74, 6) is 0.0536. The van der Waals surface area contributed by atoms with Gasteiger partial charge in [0.2, 0.25) is 0 Å². The summed E-state index contributed by atoms with van der Waals surface area (Å²) in [5, 5.41) is 8.20. The first kappa shape index (κ1) is 32.2. The van der Waals surface area contributed by atoms with Gasteiger partial charge in [0.25, 0.3) is 5.97 Å². The van der Waals surface area contributed by atoms with Crippen LogP contribution < -0.4 is 9.64 Å². The molecule has 0 bridgehead atoms. The number of carboxylic acids is 1. The first-order valence-corrected chi connectivity index (χ1v) is 14.1. The highest BCUT2D eigenvalue weighted by molar-refractivity contribution is 6.30. The number of anilines is 1. The molecule has 0 amide bonds. The van der Waals surface area contributed by atoms with Crippen molar-refractivity contribution < 1.29 is 24.2 Å². The molecule has 1 heterocycles. The predicted octanol–water partition coefficient (Wildman–Crippen LogP) is 7.61. The molecule has 1 N–H and O–H groups in total. The highest BCUT2D eigenvalue weighted by Crippen LogP contribution is 2.37. The number of esters is 1. The molecule has 1 atom stereocenters. The number of benzene rings is 2. The number of halogens is 1. The van der Waals surface area contributed by atoms with Gasteiger partial charge in [0, 0.05) is 31.0 Å². The maximum absolute atomic E-state index is 12.5. The molecular weight excluding hydrogens is 514 g/mol. The third-order valence-electron chi connectivity index (χ3n) is 6.16. The predicted molar refractivity (Wildman–Crippen MR) is 159 cm³/mol. The van der Waals surface area contributed by atoms with Crippen molar-refractivity contribution in [3.8, 4) is 5.75 Å². The van der Waals surface area contributed by atoms with Gasteiger partial charge in [-0.25, -0.2) is 0 Å². The average Bonchev–Trinajstić information content (AvgIpc) is 3.00. The Bertz CT molecular complexity index is 1100. The van der Waals surface area contributed by atoms with Crippen LogP contribution in [0.3, 0.4) is 0 Å². The van der Waals surface area contributed by atoms with E-state index >= 15 is 0 Å². The van der Waals surface area contributed by atoms with E-state index in [1.807, 2.05) is 45.0 Å². The van der Waals surface area contributed by atoms with Crippen LogP contribution in [0.2, 0.25) is 5.02 Å². The monoisotopic (exact) mass is 557 g/mol. The molecule has 0 radical (unpaired) electrons. The van der Waals surface area contributed by atoms with Gasteiger partial charge in [0.05, 0.1) is 18.7 Å². The number of hydrogen-bond acceptors (Lipinski definition) is 5. The quantitative estimate of drug-likeness (QED) is 0.184. The van der Waals surface area contributed by atoms with Gasteiger partial charge in [-0.3, -0.25) is 9.59 Å². The second kappa shape index (κ2) is 15.6. The number of fused-ring (bicyclic) bond motifs is 1. The van der Waals surface area contributed by atoms with Gasteiger partial charge in [-0.05, 0) is 87.4 Å². The molecule has 2 aromatic carbocycles. The van der Waals surface area contributed by atoms with E-state index in [1.165, 1.54) is 11.1 Å². The lowest BCUT2D eigenvalue weighted by atomic mass is 9.92. The number of carbonyl (C=O) groups is 2. The first-order chi connectivity index (χ1) is 18.4. The lowest BCUT2D eigenvalue weighted by Crippen LogP contribution is -2.30. The summed E-state index contributed by atoms with van der Waals surface area (Å²) in [6.45, 7) is 15.2. The molecule has 1 unspecified atom stereocenters. The minimum Gasteiger partial charge on any atom is -0.491 e. The van der Waals surface area contributed by atoms with E-state index in [9.17, 15) is 4.79 Å². The van der Waals surface area contributed by atoms with Crippen molar-refractivity contribution >= 4 is 29.2 Å². The molecule has 1 aliphatic rings. The van der Waals surface area contributed by atoms with Crippen LogP contribution in [0.4, 0.5) is 5.69 Å².